The quantitative estimate of drug-likeness (QED) is 0.886. The predicted molar refractivity (Wildman–Crippen MR) is 98.7 cm³/mol. The summed E-state index contributed by atoms with van der Waals surface area (Å²) in [6, 6.07) is 9.37. The van der Waals surface area contributed by atoms with Crippen LogP contribution >= 0.6 is 0 Å². The number of hydrogen-bond donors (Lipinski definition) is 2. The number of pyridine rings is 1. The Bertz CT molecular complexity index is 906. The minimum absolute atomic E-state index is 0.0202. The van der Waals surface area contributed by atoms with Crippen LogP contribution in [0.1, 0.15) is 38.3 Å². The van der Waals surface area contributed by atoms with Gasteiger partial charge in [0, 0.05) is 36.2 Å². The Morgan fingerprint density at radius 3 is 2.69 bits per heavy atom. The van der Waals surface area contributed by atoms with Gasteiger partial charge in [-0.2, -0.15) is 0 Å². The number of aromatic nitrogens is 1. The molecule has 1 aromatic heterocycles. The van der Waals surface area contributed by atoms with E-state index in [1.807, 2.05) is 4.90 Å². The van der Waals surface area contributed by atoms with Crippen molar-refractivity contribution in [2.24, 2.45) is 11.8 Å². The predicted octanol–water partition coefficient (Wildman–Crippen LogP) is 3.45. The molecule has 1 aliphatic heterocycles. The number of H-pyrrole nitrogens is 1. The molecular formula is C20H22FN3O2. The Labute approximate surface area is 151 Å². The molecule has 26 heavy (non-hydrogen) atoms. The van der Waals surface area contributed by atoms with Crippen molar-refractivity contribution < 1.29 is 9.18 Å². The maximum Gasteiger partial charge on any atom is 0.249 e. The first-order chi connectivity index (χ1) is 12.5. The first-order valence-electron chi connectivity index (χ1n) is 9.01. The number of hydrogen-bond acceptors (Lipinski definition) is 3. The van der Waals surface area contributed by atoms with E-state index in [9.17, 15) is 14.0 Å². The van der Waals surface area contributed by atoms with Gasteiger partial charge in [-0.15, -0.1) is 0 Å². The van der Waals surface area contributed by atoms with Crippen molar-refractivity contribution in [3.05, 3.63) is 58.1 Å². The molecule has 1 fully saturated rings. The maximum absolute atomic E-state index is 14.0. The molecule has 2 N–H and O–H groups in total. The highest BCUT2D eigenvalue weighted by Gasteiger charge is 2.47. The number of carbonyl (C=O) groups is 1. The van der Waals surface area contributed by atoms with Crippen molar-refractivity contribution in [3.8, 4) is 0 Å². The summed E-state index contributed by atoms with van der Waals surface area (Å²) in [5.41, 5.74) is 1.31. The lowest BCUT2D eigenvalue weighted by Crippen LogP contribution is -2.51. The van der Waals surface area contributed by atoms with Crippen LogP contribution < -0.4 is 15.8 Å². The smallest absolute Gasteiger partial charge is 0.249 e. The van der Waals surface area contributed by atoms with Gasteiger partial charge in [0.1, 0.15) is 11.6 Å². The van der Waals surface area contributed by atoms with E-state index in [4.69, 9.17) is 0 Å². The zero-order chi connectivity index (χ0) is 18.4. The van der Waals surface area contributed by atoms with Gasteiger partial charge in [-0.25, -0.2) is 4.39 Å². The Morgan fingerprint density at radius 2 is 2.04 bits per heavy atom. The molecule has 1 aliphatic carbocycles. The fraction of sp³-hybridized carbons (Fsp3) is 0.400. The van der Waals surface area contributed by atoms with Crippen molar-refractivity contribution in [3.63, 3.8) is 0 Å². The maximum atomic E-state index is 14.0. The van der Waals surface area contributed by atoms with Gasteiger partial charge in [-0.3, -0.25) is 9.59 Å². The van der Waals surface area contributed by atoms with E-state index in [1.165, 1.54) is 18.2 Å². The second-order valence-electron chi connectivity index (χ2n) is 7.33. The second kappa shape index (κ2) is 6.27. The summed E-state index contributed by atoms with van der Waals surface area (Å²) in [5.74, 6) is 0.775. The molecule has 6 heteroatoms. The van der Waals surface area contributed by atoms with E-state index in [2.05, 4.69) is 17.2 Å². The molecular weight excluding hydrogens is 333 g/mol. The van der Waals surface area contributed by atoms with Crippen LogP contribution in [-0.2, 0) is 4.79 Å². The standard InChI is InChI=1S/C20H22FN3O2/c1-11-19(23-17-4-3-5-18(26)22-17)15-10-14(21)8-9-16(15)24(12(2)25)20(11)13-6-7-13/h3-5,8-11,13,19-20H,6-7H2,1-2H3,(H2,22,23,26)/t11-,19?,20?/m1/s1. The molecule has 4 rings (SSSR count). The van der Waals surface area contributed by atoms with Crippen LogP contribution in [0.3, 0.4) is 0 Å². The SMILES string of the molecule is CC(=O)N1c2ccc(F)cc2C(Nc2cccc(=O)[nH]2)[C@@H](C)C1C1CC1. The third-order valence-corrected chi connectivity index (χ3v) is 5.47. The van der Waals surface area contributed by atoms with Crippen LogP contribution in [0.2, 0.25) is 0 Å². The van der Waals surface area contributed by atoms with Crippen molar-refractivity contribution in [2.75, 3.05) is 10.2 Å². The molecule has 5 nitrogen and oxygen atoms in total. The monoisotopic (exact) mass is 355 g/mol. The lowest BCUT2D eigenvalue weighted by Gasteiger charge is -2.45. The van der Waals surface area contributed by atoms with Gasteiger partial charge in [0.15, 0.2) is 0 Å². The van der Waals surface area contributed by atoms with Crippen molar-refractivity contribution in [1.82, 2.24) is 4.98 Å². The number of benzene rings is 1. The van der Waals surface area contributed by atoms with Gasteiger partial charge >= 0.3 is 0 Å². The van der Waals surface area contributed by atoms with Gasteiger partial charge in [-0.05, 0) is 43.0 Å². The third kappa shape index (κ3) is 2.89. The number of fused-ring (bicyclic) bond motifs is 1. The molecule has 136 valence electrons. The highest BCUT2D eigenvalue weighted by molar-refractivity contribution is 5.94. The number of carbonyl (C=O) groups excluding carboxylic acids is 1. The largest absolute Gasteiger partial charge is 0.364 e. The molecule has 0 radical (unpaired) electrons. The Kier molecular flexibility index (Phi) is 4.05. The third-order valence-electron chi connectivity index (χ3n) is 5.47. The highest BCUT2D eigenvalue weighted by atomic mass is 19.1. The average Bonchev–Trinajstić information content (AvgIpc) is 3.41. The van der Waals surface area contributed by atoms with E-state index in [1.54, 1.807) is 25.1 Å². The molecule has 0 bridgehead atoms. The fourth-order valence-electron chi connectivity index (χ4n) is 4.24. The van der Waals surface area contributed by atoms with E-state index < -0.39 is 0 Å². The first kappa shape index (κ1) is 16.8. The lowest BCUT2D eigenvalue weighted by atomic mass is 9.80. The van der Waals surface area contributed by atoms with Crippen LogP contribution in [0, 0.1) is 17.7 Å². The number of halogens is 1. The van der Waals surface area contributed by atoms with Gasteiger partial charge in [0.2, 0.25) is 11.5 Å². The number of rotatable bonds is 3. The number of nitrogens with zero attached hydrogens (tertiary/aromatic N) is 1. The van der Waals surface area contributed by atoms with Crippen molar-refractivity contribution in [1.29, 1.82) is 0 Å². The van der Waals surface area contributed by atoms with E-state index in [0.29, 0.717) is 11.7 Å². The molecule has 1 aromatic carbocycles. The molecule has 1 saturated carbocycles. The average molecular weight is 355 g/mol. The molecule has 0 spiro atoms. The molecule has 2 aliphatic rings. The van der Waals surface area contributed by atoms with Crippen LogP contribution in [0.5, 0.6) is 0 Å². The van der Waals surface area contributed by atoms with Gasteiger partial charge < -0.3 is 15.2 Å². The fourth-order valence-corrected chi connectivity index (χ4v) is 4.24. The minimum atomic E-state index is -0.335. The van der Waals surface area contributed by atoms with E-state index in [0.717, 1.165) is 24.1 Å². The van der Waals surface area contributed by atoms with Crippen molar-refractivity contribution >= 4 is 17.4 Å². The summed E-state index contributed by atoms with van der Waals surface area (Å²) >= 11 is 0. The number of nitrogens with one attached hydrogen (secondary N) is 2. The van der Waals surface area contributed by atoms with Crippen LogP contribution in [0.25, 0.3) is 0 Å². The van der Waals surface area contributed by atoms with Crippen molar-refractivity contribution in [2.45, 2.75) is 38.8 Å². The van der Waals surface area contributed by atoms with Gasteiger partial charge in [-0.1, -0.05) is 13.0 Å². The normalized spacial score (nSPS) is 24.9. The summed E-state index contributed by atoms with van der Waals surface area (Å²) < 4.78 is 14.0. The zero-order valence-corrected chi connectivity index (χ0v) is 14.8. The molecule has 2 aromatic rings. The molecule has 2 unspecified atom stereocenters. The summed E-state index contributed by atoms with van der Waals surface area (Å²) in [6.45, 7) is 3.66. The Hall–Kier alpha value is -2.63. The van der Waals surface area contributed by atoms with Crippen LogP contribution in [-0.4, -0.2) is 16.9 Å². The van der Waals surface area contributed by atoms with E-state index >= 15 is 0 Å². The van der Waals surface area contributed by atoms with E-state index in [-0.39, 0.29) is 35.3 Å². The lowest BCUT2D eigenvalue weighted by molar-refractivity contribution is -0.117. The molecule has 2 heterocycles. The topological polar surface area (TPSA) is 65.2 Å². The molecule has 3 atom stereocenters. The Balaban J connectivity index is 1.81. The number of amides is 1. The number of aromatic amines is 1. The first-order valence-corrected chi connectivity index (χ1v) is 9.01. The number of anilines is 2. The van der Waals surface area contributed by atoms with Crippen LogP contribution in [0.4, 0.5) is 15.9 Å². The van der Waals surface area contributed by atoms with Gasteiger partial charge in [0.05, 0.1) is 6.04 Å². The zero-order valence-electron chi connectivity index (χ0n) is 14.8. The van der Waals surface area contributed by atoms with Crippen LogP contribution in [0.15, 0.2) is 41.2 Å². The minimum Gasteiger partial charge on any atom is -0.364 e. The summed E-state index contributed by atoms with van der Waals surface area (Å²) in [4.78, 5) is 28.6. The molecule has 0 saturated heterocycles. The summed E-state index contributed by atoms with van der Waals surface area (Å²) in [5, 5.41) is 3.37. The molecule has 1 amide bonds. The summed E-state index contributed by atoms with van der Waals surface area (Å²) in [6.07, 6.45) is 2.20. The van der Waals surface area contributed by atoms with Gasteiger partial charge in [0.25, 0.3) is 0 Å². The summed E-state index contributed by atoms with van der Waals surface area (Å²) in [7, 11) is 0. The Morgan fingerprint density at radius 1 is 1.27 bits per heavy atom. The second-order valence-corrected chi connectivity index (χ2v) is 7.33. The highest BCUT2D eigenvalue weighted by Crippen LogP contribution is 2.49.